The lowest BCUT2D eigenvalue weighted by atomic mass is 10.3. The largest absolute Gasteiger partial charge is 0.327 e. The minimum Gasteiger partial charge on any atom is -0.327 e. The number of hydrogen-bond acceptors (Lipinski definition) is 2. The van der Waals surface area contributed by atoms with Crippen LogP contribution < -0.4 is 0 Å². The van der Waals surface area contributed by atoms with E-state index in [4.69, 9.17) is 0 Å². The molecule has 11 heavy (non-hydrogen) atoms. The van der Waals surface area contributed by atoms with Crippen molar-refractivity contribution in [2.45, 2.75) is 12.2 Å². The van der Waals surface area contributed by atoms with E-state index in [1.807, 2.05) is 0 Å². The zero-order chi connectivity index (χ0) is 8.70. The van der Waals surface area contributed by atoms with Gasteiger partial charge < -0.3 is 4.48 Å². The summed E-state index contributed by atoms with van der Waals surface area (Å²) in [5, 5.41) is -0.161. The van der Waals surface area contributed by atoms with E-state index >= 15 is 0 Å². The molecule has 0 unspecified atom stereocenters. The second-order valence-electron chi connectivity index (χ2n) is 4.02. The van der Waals surface area contributed by atoms with Gasteiger partial charge in [-0.3, -0.25) is 0 Å². The molecule has 1 heterocycles. The van der Waals surface area contributed by atoms with Gasteiger partial charge in [-0.15, -0.1) is 0 Å². The summed E-state index contributed by atoms with van der Waals surface area (Å²) >= 11 is 0. The second-order valence-corrected chi connectivity index (χ2v) is 6.56. The number of quaternary nitrogens is 1. The lowest BCUT2D eigenvalue weighted by Crippen LogP contribution is -2.54. The maximum absolute atomic E-state index is 11.3. The lowest BCUT2D eigenvalue weighted by Gasteiger charge is -2.36. The molecule has 0 aromatic heterocycles. The first-order valence-electron chi connectivity index (χ1n) is 3.87. The highest BCUT2D eigenvalue weighted by molar-refractivity contribution is 7.92. The molecule has 0 N–H and O–H groups in total. The Kier molecular flexibility index (Phi) is 2.01. The average molecular weight is 178 g/mol. The summed E-state index contributed by atoms with van der Waals surface area (Å²) in [5.41, 5.74) is 0. The highest BCUT2D eigenvalue weighted by Crippen LogP contribution is 2.14. The maximum Gasteiger partial charge on any atom is 0.163 e. The third-order valence-electron chi connectivity index (χ3n) is 2.35. The van der Waals surface area contributed by atoms with Crippen LogP contribution in [0.5, 0.6) is 0 Å². The molecule has 1 fully saturated rings. The van der Waals surface area contributed by atoms with Gasteiger partial charge in [0.1, 0.15) is 5.25 Å². The monoisotopic (exact) mass is 178 g/mol. The quantitative estimate of drug-likeness (QED) is 0.485. The van der Waals surface area contributed by atoms with E-state index in [0.717, 1.165) is 17.6 Å². The Morgan fingerprint density at radius 2 is 1.91 bits per heavy atom. The Labute approximate surface area is 68.5 Å². The fourth-order valence-corrected chi connectivity index (χ4v) is 3.26. The molecule has 0 aliphatic carbocycles. The van der Waals surface area contributed by atoms with Crippen LogP contribution in [0.2, 0.25) is 0 Å². The van der Waals surface area contributed by atoms with Crippen LogP contribution in [0.15, 0.2) is 0 Å². The molecule has 1 aliphatic rings. The highest BCUT2D eigenvalue weighted by Gasteiger charge is 2.35. The van der Waals surface area contributed by atoms with E-state index in [9.17, 15) is 8.42 Å². The van der Waals surface area contributed by atoms with Crippen LogP contribution in [0.1, 0.15) is 6.92 Å². The smallest absolute Gasteiger partial charge is 0.163 e. The van der Waals surface area contributed by atoms with Gasteiger partial charge in [0.2, 0.25) is 0 Å². The first kappa shape index (κ1) is 9.00. The molecule has 1 rings (SSSR count). The lowest BCUT2D eigenvalue weighted by molar-refractivity contribution is -0.888. The fraction of sp³-hybridized carbons (Fsp3) is 1.00. The van der Waals surface area contributed by atoms with Gasteiger partial charge in [0.15, 0.2) is 9.84 Å². The van der Waals surface area contributed by atoms with Gasteiger partial charge >= 0.3 is 0 Å². The SMILES string of the molecule is C[C@@H]1C[N+](C)(C)CCS1(=O)=O. The summed E-state index contributed by atoms with van der Waals surface area (Å²) in [4.78, 5) is 0. The Hall–Kier alpha value is -0.0900. The summed E-state index contributed by atoms with van der Waals surface area (Å²) < 4.78 is 23.4. The summed E-state index contributed by atoms with van der Waals surface area (Å²) in [7, 11) is 1.40. The van der Waals surface area contributed by atoms with Crippen molar-refractivity contribution >= 4 is 9.84 Å². The molecule has 1 atom stereocenters. The Balaban J connectivity index is 2.79. The van der Waals surface area contributed by atoms with Crippen LogP contribution in [0.25, 0.3) is 0 Å². The Bertz CT molecular complexity index is 243. The van der Waals surface area contributed by atoms with E-state index in [1.165, 1.54) is 0 Å². The topological polar surface area (TPSA) is 34.1 Å². The molecule has 1 aliphatic heterocycles. The zero-order valence-electron chi connectivity index (χ0n) is 7.37. The molecule has 4 heteroatoms. The number of rotatable bonds is 0. The van der Waals surface area contributed by atoms with Crippen molar-refractivity contribution in [1.29, 1.82) is 0 Å². The summed E-state index contributed by atoms with van der Waals surface area (Å²) in [6, 6.07) is 0. The van der Waals surface area contributed by atoms with Crippen LogP contribution in [-0.4, -0.2) is 51.1 Å². The number of nitrogens with zero attached hydrogens (tertiary/aromatic N) is 1. The van der Waals surface area contributed by atoms with Crippen LogP contribution >= 0.6 is 0 Å². The molecule has 0 bridgehead atoms. The Morgan fingerprint density at radius 3 is 2.27 bits per heavy atom. The van der Waals surface area contributed by atoms with Crippen molar-refractivity contribution in [2.24, 2.45) is 0 Å². The van der Waals surface area contributed by atoms with E-state index in [2.05, 4.69) is 14.1 Å². The summed E-state index contributed by atoms with van der Waals surface area (Å²) in [5.74, 6) is 0.348. The van der Waals surface area contributed by atoms with Gasteiger partial charge in [0.05, 0.1) is 32.9 Å². The number of sulfone groups is 1. The van der Waals surface area contributed by atoms with Gasteiger partial charge in [-0.05, 0) is 6.92 Å². The van der Waals surface area contributed by atoms with Crippen molar-refractivity contribution in [3.8, 4) is 0 Å². The van der Waals surface area contributed by atoms with Crippen molar-refractivity contribution < 1.29 is 12.9 Å². The molecule has 3 nitrogen and oxygen atoms in total. The average Bonchev–Trinajstić information content (AvgIpc) is 1.81. The molecular formula is C7H16NO2S+. The molecular weight excluding hydrogens is 162 g/mol. The predicted molar refractivity (Wildman–Crippen MR) is 45.1 cm³/mol. The molecule has 0 spiro atoms. The van der Waals surface area contributed by atoms with E-state index in [1.54, 1.807) is 6.92 Å². The van der Waals surface area contributed by atoms with E-state index in [0.29, 0.717) is 5.75 Å². The molecule has 0 amide bonds. The van der Waals surface area contributed by atoms with Crippen LogP contribution in [0.4, 0.5) is 0 Å². The standard InChI is InChI=1S/C7H16NO2S/c1-7-6-8(2,3)4-5-11(7,9)10/h7H,4-6H2,1-3H3/q+1/t7-/m1/s1. The van der Waals surface area contributed by atoms with Gasteiger partial charge in [-0.25, -0.2) is 8.42 Å². The third kappa shape index (κ3) is 1.93. The highest BCUT2D eigenvalue weighted by atomic mass is 32.2. The molecule has 0 aromatic rings. The summed E-state index contributed by atoms with van der Waals surface area (Å²) in [6.07, 6.45) is 0. The minimum absolute atomic E-state index is 0.161. The second kappa shape index (κ2) is 2.45. The first-order valence-corrected chi connectivity index (χ1v) is 5.59. The normalized spacial score (nSPS) is 35.0. The van der Waals surface area contributed by atoms with E-state index < -0.39 is 9.84 Å². The van der Waals surface area contributed by atoms with Crippen molar-refractivity contribution in [3.05, 3.63) is 0 Å². The first-order chi connectivity index (χ1) is 4.83. The van der Waals surface area contributed by atoms with Gasteiger partial charge in [0, 0.05) is 0 Å². The predicted octanol–water partition coefficient (Wildman–Crippen LogP) is -0.120. The third-order valence-corrected chi connectivity index (χ3v) is 4.47. The molecule has 0 saturated carbocycles. The van der Waals surface area contributed by atoms with Crippen molar-refractivity contribution in [3.63, 3.8) is 0 Å². The van der Waals surface area contributed by atoms with Crippen LogP contribution in [0, 0.1) is 0 Å². The minimum atomic E-state index is -2.75. The van der Waals surface area contributed by atoms with Gasteiger partial charge in [-0.2, -0.15) is 0 Å². The van der Waals surface area contributed by atoms with Crippen molar-refractivity contribution in [1.82, 2.24) is 0 Å². The van der Waals surface area contributed by atoms with Gasteiger partial charge in [0.25, 0.3) is 0 Å². The maximum atomic E-state index is 11.3. The van der Waals surface area contributed by atoms with Gasteiger partial charge in [-0.1, -0.05) is 0 Å². The Morgan fingerprint density at radius 1 is 1.36 bits per heavy atom. The molecule has 0 radical (unpaired) electrons. The number of hydrogen-bond donors (Lipinski definition) is 0. The molecule has 1 saturated heterocycles. The van der Waals surface area contributed by atoms with Crippen LogP contribution in [0.3, 0.4) is 0 Å². The fourth-order valence-electron chi connectivity index (χ4n) is 1.48. The van der Waals surface area contributed by atoms with Crippen LogP contribution in [-0.2, 0) is 9.84 Å². The zero-order valence-corrected chi connectivity index (χ0v) is 8.19. The van der Waals surface area contributed by atoms with E-state index in [-0.39, 0.29) is 5.25 Å². The molecule has 0 aromatic carbocycles. The van der Waals surface area contributed by atoms with Crippen molar-refractivity contribution in [2.75, 3.05) is 32.9 Å². The molecule has 66 valence electrons. The summed E-state index contributed by atoms with van der Waals surface area (Å²) in [6.45, 7) is 3.31.